The van der Waals surface area contributed by atoms with Crippen LogP contribution in [0.3, 0.4) is 0 Å². The number of carbonyl (C=O) groups excluding carboxylic acids is 1. The van der Waals surface area contributed by atoms with Crippen molar-refractivity contribution >= 4 is 16.7 Å². The smallest absolute Gasteiger partial charge is 0.313 e. The molecule has 0 radical (unpaired) electrons. The lowest BCUT2D eigenvalue weighted by Crippen LogP contribution is -2.44. The Morgan fingerprint density at radius 1 is 1.00 bits per heavy atom. The Kier molecular flexibility index (Phi) is 6.64. The van der Waals surface area contributed by atoms with Gasteiger partial charge >= 0.3 is 5.97 Å². The number of ether oxygens (including phenoxy) is 1. The molecule has 0 bridgehead atoms. The van der Waals surface area contributed by atoms with E-state index in [1.165, 1.54) is 16.3 Å². The van der Waals surface area contributed by atoms with Crippen LogP contribution in [0.25, 0.3) is 10.8 Å². The van der Waals surface area contributed by atoms with Crippen LogP contribution in [0.5, 0.6) is 0 Å². The summed E-state index contributed by atoms with van der Waals surface area (Å²) >= 11 is 0. The van der Waals surface area contributed by atoms with Crippen molar-refractivity contribution in [1.29, 1.82) is 0 Å². The Bertz CT molecular complexity index is 633. The molecule has 0 amide bonds. The maximum absolute atomic E-state index is 11.5. The van der Waals surface area contributed by atoms with Gasteiger partial charge in [-0.1, -0.05) is 69.7 Å². The molecule has 2 heteroatoms. The van der Waals surface area contributed by atoms with Crippen LogP contribution < -0.4 is 0 Å². The van der Waals surface area contributed by atoms with E-state index in [4.69, 9.17) is 4.74 Å². The minimum absolute atomic E-state index is 0.00645. The summed E-state index contributed by atoms with van der Waals surface area (Å²) < 4.78 is 5.21. The Balaban J connectivity index is 0.000000924. The number of fused-ring (bicyclic) bond motifs is 1. The van der Waals surface area contributed by atoms with Crippen LogP contribution in [0, 0.1) is 5.92 Å². The highest BCUT2D eigenvalue weighted by Crippen LogP contribution is 2.30. The monoisotopic (exact) mass is 312 g/mol. The van der Waals surface area contributed by atoms with E-state index in [1.807, 2.05) is 13.8 Å². The number of aryl methyl sites for hydroxylation is 1. The molecule has 1 fully saturated rings. The predicted octanol–water partition coefficient (Wildman–Crippen LogP) is 5.53. The molecule has 0 spiro atoms. The molecular formula is C21H28O2. The summed E-state index contributed by atoms with van der Waals surface area (Å²) in [6.45, 7) is 6.14. The summed E-state index contributed by atoms with van der Waals surface area (Å²) in [7, 11) is 0. The third-order valence-electron chi connectivity index (χ3n) is 4.39. The van der Waals surface area contributed by atoms with E-state index in [0.717, 1.165) is 32.1 Å². The molecule has 1 saturated heterocycles. The first kappa shape index (κ1) is 17.5. The van der Waals surface area contributed by atoms with Crippen molar-refractivity contribution in [1.82, 2.24) is 0 Å². The maximum atomic E-state index is 11.5. The van der Waals surface area contributed by atoms with Crippen LogP contribution in [0.15, 0.2) is 42.5 Å². The highest BCUT2D eigenvalue weighted by atomic mass is 16.6. The number of rotatable bonds is 6. The maximum Gasteiger partial charge on any atom is 0.313 e. The van der Waals surface area contributed by atoms with E-state index in [0.29, 0.717) is 0 Å². The lowest BCUT2D eigenvalue weighted by Gasteiger charge is -2.35. The molecule has 2 aromatic rings. The number of esters is 1. The minimum Gasteiger partial charge on any atom is -0.461 e. The fourth-order valence-electron chi connectivity index (χ4n) is 3.17. The zero-order valence-corrected chi connectivity index (χ0v) is 14.5. The third kappa shape index (κ3) is 4.34. The van der Waals surface area contributed by atoms with E-state index >= 15 is 0 Å². The van der Waals surface area contributed by atoms with Crippen LogP contribution in [0.2, 0.25) is 0 Å². The van der Waals surface area contributed by atoms with Crippen molar-refractivity contribution in [3.05, 3.63) is 48.0 Å². The van der Waals surface area contributed by atoms with Gasteiger partial charge in [-0.3, -0.25) is 4.79 Å². The van der Waals surface area contributed by atoms with E-state index in [1.54, 1.807) is 0 Å². The lowest BCUT2D eigenvalue weighted by molar-refractivity contribution is -0.186. The third-order valence-corrected chi connectivity index (χ3v) is 4.39. The normalized spacial score (nSPS) is 19.5. The SMILES string of the molecule is CC.CCCC1OC(=O)C1CCCc1ccc2ccccc2c1. The molecule has 1 aliphatic rings. The highest BCUT2D eigenvalue weighted by molar-refractivity contribution is 5.83. The molecular weight excluding hydrogens is 284 g/mol. The molecule has 1 aliphatic heterocycles. The van der Waals surface area contributed by atoms with Gasteiger partial charge in [-0.15, -0.1) is 0 Å². The molecule has 124 valence electrons. The van der Waals surface area contributed by atoms with Gasteiger partial charge in [-0.05, 0) is 42.0 Å². The number of carbonyl (C=O) groups is 1. The topological polar surface area (TPSA) is 26.3 Å². The number of hydrogen-bond donors (Lipinski definition) is 0. The Morgan fingerprint density at radius 3 is 2.43 bits per heavy atom. The second kappa shape index (κ2) is 8.71. The fraction of sp³-hybridized carbons (Fsp3) is 0.476. The average molecular weight is 312 g/mol. The molecule has 2 unspecified atom stereocenters. The summed E-state index contributed by atoms with van der Waals surface area (Å²) in [4.78, 5) is 11.5. The standard InChI is InChI=1S/C19H22O2.C2H6/c1-2-6-18-17(19(20)21-18)10-5-7-14-11-12-15-8-3-4-9-16(15)13-14;1-2/h3-4,8-9,11-13,17-18H,2,5-7,10H2,1H3;1-2H3. The summed E-state index contributed by atoms with van der Waals surface area (Å²) in [5.41, 5.74) is 1.36. The van der Waals surface area contributed by atoms with Gasteiger partial charge in [0.05, 0.1) is 5.92 Å². The van der Waals surface area contributed by atoms with Gasteiger partial charge in [-0.2, -0.15) is 0 Å². The van der Waals surface area contributed by atoms with Crippen LogP contribution >= 0.6 is 0 Å². The summed E-state index contributed by atoms with van der Waals surface area (Å²) in [6.07, 6.45) is 5.31. The second-order valence-electron chi connectivity index (χ2n) is 5.94. The molecule has 0 aromatic heterocycles. The first-order valence-corrected chi connectivity index (χ1v) is 8.96. The molecule has 0 N–H and O–H groups in total. The molecule has 0 saturated carbocycles. The molecule has 2 atom stereocenters. The van der Waals surface area contributed by atoms with Crippen LogP contribution in [-0.4, -0.2) is 12.1 Å². The van der Waals surface area contributed by atoms with Gasteiger partial charge in [0.1, 0.15) is 6.10 Å². The molecule has 23 heavy (non-hydrogen) atoms. The zero-order valence-electron chi connectivity index (χ0n) is 14.5. The van der Waals surface area contributed by atoms with E-state index < -0.39 is 0 Å². The highest BCUT2D eigenvalue weighted by Gasteiger charge is 2.40. The Labute approximate surface area is 139 Å². The number of hydrogen-bond acceptors (Lipinski definition) is 2. The first-order chi connectivity index (χ1) is 11.3. The van der Waals surface area contributed by atoms with Crippen molar-refractivity contribution in [2.75, 3.05) is 0 Å². The predicted molar refractivity (Wildman–Crippen MR) is 96.5 cm³/mol. The van der Waals surface area contributed by atoms with Gasteiger partial charge in [0, 0.05) is 0 Å². The summed E-state index contributed by atoms with van der Waals surface area (Å²) in [5.74, 6) is 0.150. The van der Waals surface area contributed by atoms with E-state index in [9.17, 15) is 4.79 Å². The van der Waals surface area contributed by atoms with Crippen molar-refractivity contribution in [3.63, 3.8) is 0 Å². The van der Waals surface area contributed by atoms with Crippen LogP contribution in [-0.2, 0) is 16.0 Å². The van der Waals surface area contributed by atoms with Crippen molar-refractivity contribution in [2.45, 2.75) is 59.0 Å². The van der Waals surface area contributed by atoms with Crippen molar-refractivity contribution in [3.8, 4) is 0 Å². The van der Waals surface area contributed by atoms with E-state index in [-0.39, 0.29) is 18.0 Å². The first-order valence-electron chi connectivity index (χ1n) is 8.96. The number of cyclic esters (lactones) is 1. The Morgan fingerprint density at radius 2 is 1.74 bits per heavy atom. The van der Waals surface area contributed by atoms with Crippen molar-refractivity contribution in [2.24, 2.45) is 5.92 Å². The van der Waals surface area contributed by atoms with Crippen LogP contribution in [0.4, 0.5) is 0 Å². The molecule has 0 aliphatic carbocycles. The van der Waals surface area contributed by atoms with Gasteiger partial charge in [0.15, 0.2) is 0 Å². The quantitative estimate of drug-likeness (QED) is 0.655. The minimum atomic E-state index is 0.00645. The lowest BCUT2D eigenvalue weighted by atomic mass is 9.88. The Hall–Kier alpha value is -1.83. The largest absolute Gasteiger partial charge is 0.461 e. The van der Waals surface area contributed by atoms with Gasteiger partial charge in [0.2, 0.25) is 0 Å². The molecule has 2 nitrogen and oxygen atoms in total. The van der Waals surface area contributed by atoms with E-state index in [2.05, 4.69) is 49.4 Å². The van der Waals surface area contributed by atoms with Crippen LogP contribution in [0.1, 0.15) is 52.0 Å². The fourth-order valence-corrected chi connectivity index (χ4v) is 3.17. The molecule has 3 rings (SSSR count). The molecule has 1 heterocycles. The second-order valence-corrected chi connectivity index (χ2v) is 5.94. The molecule has 2 aromatic carbocycles. The van der Waals surface area contributed by atoms with Crippen molar-refractivity contribution < 1.29 is 9.53 Å². The summed E-state index contributed by atoms with van der Waals surface area (Å²) in [5, 5.41) is 2.58. The van der Waals surface area contributed by atoms with Gasteiger partial charge in [0.25, 0.3) is 0 Å². The average Bonchev–Trinajstić information content (AvgIpc) is 2.60. The number of benzene rings is 2. The van der Waals surface area contributed by atoms with Gasteiger partial charge in [-0.25, -0.2) is 0 Å². The summed E-state index contributed by atoms with van der Waals surface area (Å²) in [6, 6.07) is 15.1. The van der Waals surface area contributed by atoms with Gasteiger partial charge < -0.3 is 4.74 Å². The zero-order chi connectivity index (χ0) is 16.7.